The molecule has 1 aliphatic rings. The van der Waals surface area contributed by atoms with Crippen LogP contribution in [0.5, 0.6) is 0 Å². The maximum atomic E-state index is 6.29. The Balaban J connectivity index is 2.37. The van der Waals surface area contributed by atoms with Crippen molar-refractivity contribution >= 4 is 22.6 Å². The first-order valence-electron chi connectivity index (χ1n) is 7.45. The van der Waals surface area contributed by atoms with Crippen LogP contribution < -0.4 is 5.32 Å². The Hall–Kier alpha value is -0.130. The van der Waals surface area contributed by atoms with E-state index in [9.17, 15) is 0 Å². The maximum Gasteiger partial charge on any atom is 0.0681 e. The summed E-state index contributed by atoms with van der Waals surface area (Å²) in [6, 6.07) is 9.03. The highest BCUT2D eigenvalue weighted by molar-refractivity contribution is 14.1. The summed E-state index contributed by atoms with van der Waals surface area (Å²) in [7, 11) is 0. The highest BCUT2D eigenvalue weighted by atomic mass is 127. The van der Waals surface area contributed by atoms with Crippen LogP contribution in [0.15, 0.2) is 24.3 Å². The Morgan fingerprint density at radius 2 is 1.95 bits per heavy atom. The molecule has 1 N–H and O–H groups in total. The van der Waals surface area contributed by atoms with E-state index >= 15 is 0 Å². The van der Waals surface area contributed by atoms with E-state index in [1.165, 1.54) is 9.13 Å². The van der Waals surface area contributed by atoms with Crippen LogP contribution in [0.3, 0.4) is 0 Å². The van der Waals surface area contributed by atoms with Gasteiger partial charge in [0.15, 0.2) is 0 Å². The molecule has 0 bridgehead atoms. The molecule has 1 heterocycles. The maximum absolute atomic E-state index is 6.29. The molecule has 3 heteroatoms. The first-order chi connectivity index (χ1) is 9.27. The van der Waals surface area contributed by atoms with Gasteiger partial charge in [0.1, 0.15) is 0 Å². The average Bonchev–Trinajstić information content (AvgIpc) is 2.55. The van der Waals surface area contributed by atoms with Crippen molar-refractivity contribution in [1.29, 1.82) is 0 Å². The first-order valence-corrected chi connectivity index (χ1v) is 8.53. The van der Waals surface area contributed by atoms with E-state index in [0.29, 0.717) is 12.0 Å². The van der Waals surface area contributed by atoms with Crippen LogP contribution in [0.25, 0.3) is 0 Å². The molecule has 2 atom stereocenters. The molecule has 1 aromatic carbocycles. The van der Waals surface area contributed by atoms with Crippen LogP contribution in [-0.2, 0) is 4.74 Å². The molecule has 1 aliphatic heterocycles. The van der Waals surface area contributed by atoms with E-state index in [-0.39, 0.29) is 11.2 Å². The minimum Gasteiger partial charge on any atom is -0.369 e. The first kappa shape index (κ1) is 16.2. The van der Waals surface area contributed by atoms with E-state index in [1.54, 1.807) is 0 Å². The molecule has 0 saturated carbocycles. The second-order valence-electron chi connectivity index (χ2n) is 6.83. The van der Waals surface area contributed by atoms with Gasteiger partial charge >= 0.3 is 0 Å². The van der Waals surface area contributed by atoms with Crippen molar-refractivity contribution < 1.29 is 4.74 Å². The van der Waals surface area contributed by atoms with Gasteiger partial charge in [0.05, 0.1) is 11.2 Å². The molecule has 0 aromatic heterocycles. The van der Waals surface area contributed by atoms with Crippen LogP contribution >= 0.6 is 22.6 Å². The van der Waals surface area contributed by atoms with Gasteiger partial charge in [-0.1, -0.05) is 25.1 Å². The Kier molecular flexibility index (Phi) is 4.82. The van der Waals surface area contributed by atoms with Gasteiger partial charge in [0.25, 0.3) is 0 Å². The highest BCUT2D eigenvalue weighted by Crippen LogP contribution is 2.48. The summed E-state index contributed by atoms with van der Waals surface area (Å²) in [6.07, 6.45) is 1.09. The van der Waals surface area contributed by atoms with Gasteiger partial charge in [0.2, 0.25) is 0 Å². The van der Waals surface area contributed by atoms with Crippen molar-refractivity contribution in [2.45, 2.75) is 58.3 Å². The molecule has 2 unspecified atom stereocenters. The van der Waals surface area contributed by atoms with Crippen molar-refractivity contribution in [3.05, 3.63) is 33.4 Å². The van der Waals surface area contributed by atoms with Crippen molar-refractivity contribution in [1.82, 2.24) is 5.32 Å². The molecule has 1 aromatic rings. The summed E-state index contributed by atoms with van der Waals surface area (Å²) in [6.45, 7) is 12.0. The number of nitrogens with one attached hydrogen (secondary N) is 1. The SMILES string of the molecule is CCNC(c1ccccc1I)C1CC(C)(C)OC1(C)C. The largest absolute Gasteiger partial charge is 0.369 e. The number of ether oxygens (including phenoxy) is 1. The van der Waals surface area contributed by atoms with Crippen LogP contribution in [0, 0.1) is 9.49 Å². The third kappa shape index (κ3) is 3.37. The van der Waals surface area contributed by atoms with Gasteiger partial charge < -0.3 is 10.1 Å². The van der Waals surface area contributed by atoms with Gasteiger partial charge in [-0.2, -0.15) is 0 Å². The Bertz CT molecular complexity index is 470. The third-order valence-electron chi connectivity index (χ3n) is 4.21. The lowest BCUT2D eigenvalue weighted by Gasteiger charge is -2.34. The van der Waals surface area contributed by atoms with Crippen molar-refractivity contribution in [3.63, 3.8) is 0 Å². The molecule has 0 amide bonds. The van der Waals surface area contributed by atoms with Crippen molar-refractivity contribution in [2.24, 2.45) is 5.92 Å². The fraction of sp³-hybridized carbons (Fsp3) is 0.647. The topological polar surface area (TPSA) is 21.3 Å². The smallest absolute Gasteiger partial charge is 0.0681 e. The minimum absolute atomic E-state index is 0.0396. The zero-order valence-electron chi connectivity index (χ0n) is 13.2. The van der Waals surface area contributed by atoms with Gasteiger partial charge in [-0.05, 0) is 74.9 Å². The Morgan fingerprint density at radius 1 is 1.30 bits per heavy atom. The average molecular weight is 387 g/mol. The lowest BCUT2D eigenvalue weighted by atomic mass is 9.79. The molecule has 2 rings (SSSR count). The molecule has 1 fully saturated rings. The number of benzene rings is 1. The van der Waals surface area contributed by atoms with E-state index in [4.69, 9.17) is 4.74 Å². The van der Waals surface area contributed by atoms with Crippen molar-refractivity contribution in [3.8, 4) is 0 Å². The zero-order chi connectivity index (χ0) is 15.0. The molecule has 20 heavy (non-hydrogen) atoms. The summed E-state index contributed by atoms with van der Waals surface area (Å²) in [5.74, 6) is 0.480. The van der Waals surface area contributed by atoms with Gasteiger partial charge in [-0.15, -0.1) is 0 Å². The van der Waals surface area contributed by atoms with E-state index in [1.807, 2.05) is 0 Å². The standard InChI is InChI=1S/C17H26INO/c1-6-19-15(12-9-7-8-10-14(12)18)13-11-16(2,3)20-17(13,4)5/h7-10,13,15,19H,6,11H2,1-5H3. The summed E-state index contributed by atoms with van der Waals surface area (Å²) < 4.78 is 7.63. The summed E-state index contributed by atoms with van der Waals surface area (Å²) >= 11 is 2.44. The highest BCUT2D eigenvalue weighted by Gasteiger charge is 2.49. The lowest BCUT2D eigenvalue weighted by molar-refractivity contribution is -0.0778. The Labute approximate surface area is 136 Å². The second-order valence-corrected chi connectivity index (χ2v) is 7.99. The predicted molar refractivity (Wildman–Crippen MR) is 92.9 cm³/mol. The lowest BCUT2D eigenvalue weighted by Crippen LogP contribution is -2.38. The Morgan fingerprint density at radius 3 is 2.45 bits per heavy atom. The summed E-state index contributed by atoms with van der Waals surface area (Å²) in [5.41, 5.74) is 1.26. The molecule has 0 spiro atoms. The molecule has 1 saturated heterocycles. The summed E-state index contributed by atoms with van der Waals surface area (Å²) in [4.78, 5) is 0. The molecular weight excluding hydrogens is 361 g/mol. The molecule has 0 aliphatic carbocycles. The number of halogens is 1. The van der Waals surface area contributed by atoms with Crippen LogP contribution in [0.4, 0.5) is 0 Å². The normalized spacial score (nSPS) is 25.6. The molecular formula is C17H26INO. The van der Waals surface area contributed by atoms with Crippen molar-refractivity contribution in [2.75, 3.05) is 6.54 Å². The van der Waals surface area contributed by atoms with Crippen LogP contribution in [0.1, 0.15) is 52.6 Å². The van der Waals surface area contributed by atoms with Crippen LogP contribution in [0.2, 0.25) is 0 Å². The quantitative estimate of drug-likeness (QED) is 0.767. The van der Waals surface area contributed by atoms with E-state index in [2.05, 4.69) is 86.8 Å². The second kappa shape index (κ2) is 5.93. The summed E-state index contributed by atoms with van der Waals surface area (Å²) in [5, 5.41) is 3.69. The van der Waals surface area contributed by atoms with E-state index < -0.39 is 0 Å². The number of hydrogen-bond donors (Lipinski definition) is 1. The van der Waals surface area contributed by atoms with Gasteiger partial charge in [-0.3, -0.25) is 0 Å². The predicted octanol–water partition coefficient (Wildman–Crippen LogP) is 4.54. The van der Waals surface area contributed by atoms with E-state index in [0.717, 1.165) is 13.0 Å². The molecule has 0 radical (unpaired) electrons. The van der Waals surface area contributed by atoms with Gasteiger partial charge in [-0.25, -0.2) is 0 Å². The number of hydrogen-bond acceptors (Lipinski definition) is 2. The minimum atomic E-state index is -0.102. The molecule has 2 nitrogen and oxygen atoms in total. The van der Waals surface area contributed by atoms with Crippen LogP contribution in [-0.4, -0.2) is 17.7 Å². The fourth-order valence-electron chi connectivity index (χ4n) is 3.54. The zero-order valence-corrected chi connectivity index (χ0v) is 15.3. The number of rotatable bonds is 4. The molecule has 112 valence electrons. The monoisotopic (exact) mass is 387 g/mol. The fourth-order valence-corrected chi connectivity index (χ4v) is 4.26. The third-order valence-corrected chi connectivity index (χ3v) is 5.19. The van der Waals surface area contributed by atoms with Gasteiger partial charge in [0, 0.05) is 15.5 Å².